The van der Waals surface area contributed by atoms with Crippen LogP contribution in [0, 0.1) is 0 Å². The molecule has 0 aromatic heterocycles. The lowest BCUT2D eigenvalue weighted by Gasteiger charge is -2.40. The van der Waals surface area contributed by atoms with E-state index in [2.05, 4.69) is 27.2 Å². The number of piperazine rings is 1. The minimum absolute atomic E-state index is 0.354. The van der Waals surface area contributed by atoms with E-state index in [0.717, 1.165) is 37.2 Å². The van der Waals surface area contributed by atoms with Crippen LogP contribution in [-0.2, 0) is 6.54 Å². The molecule has 1 atom stereocenters. The number of piperidine rings is 1. The first kappa shape index (κ1) is 14.3. The number of nitrogens with zero attached hydrogens (tertiary/aromatic N) is 2. The minimum atomic E-state index is 0.354. The van der Waals surface area contributed by atoms with E-state index < -0.39 is 0 Å². The van der Waals surface area contributed by atoms with Gasteiger partial charge in [0.05, 0.1) is 0 Å². The summed E-state index contributed by atoms with van der Waals surface area (Å²) in [6.45, 7) is 8.42. The van der Waals surface area contributed by atoms with Gasteiger partial charge in [0.25, 0.3) is 0 Å². The van der Waals surface area contributed by atoms with Gasteiger partial charge in [0, 0.05) is 45.3 Å². The molecule has 4 rings (SSSR count). The van der Waals surface area contributed by atoms with Gasteiger partial charge in [0.1, 0.15) is 0 Å². The highest BCUT2D eigenvalue weighted by Crippen LogP contribution is 2.32. The molecule has 1 N–H and O–H groups in total. The van der Waals surface area contributed by atoms with Crippen LogP contribution in [0.25, 0.3) is 0 Å². The van der Waals surface area contributed by atoms with Crippen molar-refractivity contribution in [1.29, 1.82) is 0 Å². The number of nitrogens with one attached hydrogen (secondary N) is 1. The Kier molecular flexibility index (Phi) is 4.19. The van der Waals surface area contributed by atoms with Crippen molar-refractivity contribution in [1.82, 2.24) is 15.1 Å². The van der Waals surface area contributed by atoms with Crippen molar-refractivity contribution in [3.8, 4) is 11.5 Å². The first-order valence-corrected chi connectivity index (χ1v) is 8.44. The summed E-state index contributed by atoms with van der Waals surface area (Å²) >= 11 is 0. The van der Waals surface area contributed by atoms with Crippen molar-refractivity contribution in [2.75, 3.05) is 46.1 Å². The molecule has 5 heteroatoms. The van der Waals surface area contributed by atoms with Crippen LogP contribution >= 0.6 is 0 Å². The first-order valence-electron chi connectivity index (χ1n) is 8.44. The van der Waals surface area contributed by atoms with Gasteiger partial charge in [-0.2, -0.15) is 0 Å². The normalized spacial score (nSPS) is 26.3. The predicted molar refractivity (Wildman–Crippen MR) is 85.3 cm³/mol. The molecule has 22 heavy (non-hydrogen) atoms. The fraction of sp³-hybridized carbons (Fsp3) is 0.647. The molecular weight excluding hydrogens is 278 g/mol. The van der Waals surface area contributed by atoms with Gasteiger partial charge in [0.15, 0.2) is 11.5 Å². The molecule has 0 amide bonds. The molecule has 5 nitrogen and oxygen atoms in total. The van der Waals surface area contributed by atoms with Crippen LogP contribution < -0.4 is 14.8 Å². The van der Waals surface area contributed by atoms with Gasteiger partial charge in [-0.15, -0.1) is 0 Å². The van der Waals surface area contributed by atoms with Crippen molar-refractivity contribution < 1.29 is 9.47 Å². The Morgan fingerprint density at radius 3 is 2.77 bits per heavy atom. The molecule has 0 radical (unpaired) electrons. The highest BCUT2D eigenvalue weighted by atomic mass is 16.7. The topological polar surface area (TPSA) is 37.0 Å². The summed E-state index contributed by atoms with van der Waals surface area (Å²) < 4.78 is 10.8. The Morgan fingerprint density at radius 2 is 1.95 bits per heavy atom. The van der Waals surface area contributed by atoms with E-state index in [1.807, 2.05) is 6.07 Å². The van der Waals surface area contributed by atoms with Crippen LogP contribution in [0.3, 0.4) is 0 Å². The molecule has 0 saturated carbocycles. The highest BCUT2D eigenvalue weighted by molar-refractivity contribution is 5.44. The number of rotatable bonds is 3. The van der Waals surface area contributed by atoms with Crippen LogP contribution in [-0.4, -0.2) is 61.9 Å². The lowest BCUT2D eigenvalue weighted by Crippen LogP contribution is -2.54. The Labute approximate surface area is 132 Å². The second-order valence-electron chi connectivity index (χ2n) is 6.50. The molecule has 0 unspecified atom stereocenters. The number of benzene rings is 1. The van der Waals surface area contributed by atoms with Crippen molar-refractivity contribution >= 4 is 0 Å². The lowest BCUT2D eigenvalue weighted by atomic mass is 10.0. The van der Waals surface area contributed by atoms with Crippen LogP contribution in [0.15, 0.2) is 18.2 Å². The fourth-order valence-electron chi connectivity index (χ4n) is 3.73. The minimum Gasteiger partial charge on any atom is -0.454 e. The molecule has 1 aromatic rings. The third-order valence-electron chi connectivity index (χ3n) is 5.04. The van der Waals surface area contributed by atoms with Crippen molar-refractivity contribution in [2.45, 2.75) is 25.4 Å². The van der Waals surface area contributed by atoms with E-state index in [0.29, 0.717) is 6.79 Å². The van der Waals surface area contributed by atoms with Gasteiger partial charge in [-0.1, -0.05) is 6.07 Å². The quantitative estimate of drug-likeness (QED) is 0.910. The summed E-state index contributed by atoms with van der Waals surface area (Å²) in [7, 11) is 0. The standard InChI is InChI=1S/C17H25N3O2/c1-2-15(11-18-5-1)20-8-6-19(7-9-20)12-14-3-4-16-17(10-14)22-13-21-16/h3-4,10,15,18H,1-2,5-9,11-13H2/t15-/m0/s1. The molecular formula is C17H25N3O2. The maximum absolute atomic E-state index is 5.47. The monoisotopic (exact) mass is 303 g/mol. The van der Waals surface area contributed by atoms with E-state index in [1.54, 1.807) is 0 Å². The third kappa shape index (κ3) is 3.07. The van der Waals surface area contributed by atoms with Crippen LogP contribution in [0.4, 0.5) is 0 Å². The summed E-state index contributed by atoms with van der Waals surface area (Å²) in [5.41, 5.74) is 1.32. The highest BCUT2D eigenvalue weighted by Gasteiger charge is 2.25. The zero-order valence-corrected chi connectivity index (χ0v) is 13.1. The zero-order valence-electron chi connectivity index (χ0n) is 13.1. The smallest absolute Gasteiger partial charge is 0.231 e. The van der Waals surface area contributed by atoms with Crippen LogP contribution in [0.5, 0.6) is 11.5 Å². The fourth-order valence-corrected chi connectivity index (χ4v) is 3.73. The summed E-state index contributed by atoms with van der Waals surface area (Å²) in [6.07, 6.45) is 2.68. The summed E-state index contributed by atoms with van der Waals surface area (Å²) in [5, 5.41) is 3.53. The molecule has 0 bridgehead atoms. The number of hydrogen-bond acceptors (Lipinski definition) is 5. The van der Waals surface area contributed by atoms with E-state index in [1.165, 1.54) is 44.6 Å². The van der Waals surface area contributed by atoms with E-state index in [-0.39, 0.29) is 0 Å². The SMILES string of the molecule is c1cc2c(cc1CN1CCN([C@H]3CCCNC3)CC1)OCO2. The van der Waals surface area contributed by atoms with E-state index >= 15 is 0 Å². The van der Waals surface area contributed by atoms with E-state index in [9.17, 15) is 0 Å². The van der Waals surface area contributed by atoms with E-state index in [4.69, 9.17) is 9.47 Å². The number of ether oxygens (including phenoxy) is 2. The third-order valence-corrected chi connectivity index (χ3v) is 5.04. The second-order valence-corrected chi connectivity index (χ2v) is 6.50. The molecule has 3 heterocycles. The molecule has 120 valence electrons. The zero-order chi connectivity index (χ0) is 14.8. The molecule has 1 aromatic carbocycles. The lowest BCUT2D eigenvalue weighted by molar-refractivity contribution is 0.0807. The van der Waals surface area contributed by atoms with Gasteiger partial charge in [0.2, 0.25) is 6.79 Å². The van der Waals surface area contributed by atoms with Gasteiger partial charge in [-0.25, -0.2) is 0 Å². The van der Waals surface area contributed by atoms with Crippen molar-refractivity contribution in [2.24, 2.45) is 0 Å². The number of hydrogen-bond donors (Lipinski definition) is 1. The average Bonchev–Trinajstić information content (AvgIpc) is 3.04. The Morgan fingerprint density at radius 1 is 1.09 bits per heavy atom. The molecule has 0 spiro atoms. The summed E-state index contributed by atoms with van der Waals surface area (Å²) in [4.78, 5) is 5.21. The van der Waals surface area contributed by atoms with Gasteiger partial charge in [-0.05, 0) is 37.1 Å². The predicted octanol–water partition coefficient (Wildman–Crippen LogP) is 1.28. The number of fused-ring (bicyclic) bond motifs is 1. The molecule has 3 aliphatic heterocycles. The first-order chi connectivity index (χ1) is 10.9. The maximum atomic E-state index is 5.47. The van der Waals surface area contributed by atoms with Crippen LogP contribution in [0.2, 0.25) is 0 Å². The largest absolute Gasteiger partial charge is 0.454 e. The van der Waals surface area contributed by atoms with Crippen LogP contribution in [0.1, 0.15) is 18.4 Å². The van der Waals surface area contributed by atoms with Gasteiger partial charge >= 0.3 is 0 Å². The molecule has 2 fully saturated rings. The second kappa shape index (κ2) is 6.44. The maximum Gasteiger partial charge on any atom is 0.231 e. The average molecular weight is 303 g/mol. The molecule has 3 aliphatic rings. The Balaban J connectivity index is 1.30. The Hall–Kier alpha value is -1.30. The van der Waals surface area contributed by atoms with Gasteiger partial charge in [-0.3, -0.25) is 9.80 Å². The summed E-state index contributed by atoms with van der Waals surface area (Å²) in [6, 6.07) is 7.06. The van der Waals surface area contributed by atoms with Crippen molar-refractivity contribution in [3.63, 3.8) is 0 Å². The Bertz CT molecular complexity index is 509. The van der Waals surface area contributed by atoms with Crippen molar-refractivity contribution in [3.05, 3.63) is 23.8 Å². The summed E-state index contributed by atoms with van der Waals surface area (Å²) in [5.74, 6) is 1.77. The molecule has 0 aliphatic carbocycles. The molecule has 2 saturated heterocycles. The van der Waals surface area contributed by atoms with Gasteiger partial charge < -0.3 is 14.8 Å².